The van der Waals surface area contributed by atoms with E-state index in [0.717, 1.165) is 52.1 Å². The third-order valence-corrected chi connectivity index (χ3v) is 3.43. The first-order valence-corrected chi connectivity index (χ1v) is 6.16. The Hall–Kier alpha value is -0.870. The fraction of sp³-hybridized carbons (Fsp3) is 0.750. The minimum atomic E-state index is 0.0888. The van der Waals surface area contributed by atoms with Crippen LogP contribution in [0.3, 0.4) is 0 Å². The summed E-state index contributed by atoms with van der Waals surface area (Å²) in [6.45, 7) is 9.35. The Kier molecular flexibility index (Phi) is 3.96. The van der Waals surface area contributed by atoms with Crippen LogP contribution in [0, 0.1) is 0 Å². The van der Waals surface area contributed by atoms with E-state index in [4.69, 9.17) is 0 Å². The smallest absolute Gasteiger partial charge is 0.239 e. The maximum Gasteiger partial charge on any atom is 0.239 e. The van der Waals surface area contributed by atoms with Crippen LogP contribution in [0.2, 0.25) is 0 Å². The zero-order chi connectivity index (χ0) is 11.4. The molecular weight excluding hydrogens is 202 g/mol. The Morgan fingerprint density at radius 1 is 1.38 bits per heavy atom. The summed E-state index contributed by atoms with van der Waals surface area (Å²) < 4.78 is 0. The van der Waals surface area contributed by atoms with Gasteiger partial charge in [0.2, 0.25) is 5.91 Å². The number of carbonyl (C=O) groups excluding carboxylic acids is 1. The van der Waals surface area contributed by atoms with Crippen molar-refractivity contribution in [1.29, 1.82) is 0 Å². The second kappa shape index (κ2) is 5.46. The predicted octanol–water partition coefficient (Wildman–Crippen LogP) is 0.0686. The van der Waals surface area contributed by atoms with Gasteiger partial charge in [0.05, 0.1) is 6.04 Å². The molecule has 2 heterocycles. The van der Waals surface area contributed by atoms with Crippen LogP contribution in [0.1, 0.15) is 12.8 Å². The molecule has 0 aromatic rings. The monoisotopic (exact) mass is 223 g/mol. The van der Waals surface area contributed by atoms with Crippen LogP contribution in [0.15, 0.2) is 12.7 Å². The third-order valence-electron chi connectivity index (χ3n) is 3.43. The molecule has 2 rings (SSSR count). The van der Waals surface area contributed by atoms with E-state index >= 15 is 0 Å². The molecule has 0 unspecified atom stereocenters. The molecule has 0 aromatic carbocycles. The summed E-state index contributed by atoms with van der Waals surface area (Å²) in [6.07, 6.45) is 4.06. The molecule has 1 atom stereocenters. The molecule has 0 aromatic heterocycles. The first-order chi connectivity index (χ1) is 7.81. The lowest BCUT2D eigenvalue weighted by Crippen LogP contribution is -2.52. The normalized spacial score (nSPS) is 27.0. The number of amides is 1. The number of rotatable bonds is 3. The zero-order valence-electron chi connectivity index (χ0n) is 9.82. The van der Waals surface area contributed by atoms with Crippen LogP contribution < -0.4 is 5.32 Å². The van der Waals surface area contributed by atoms with E-state index in [2.05, 4.69) is 16.8 Å². The first-order valence-electron chi connectivity index (χ1n) is 6.16. The van der Waals surface area contributed by atoms with Crippen LogP contribution >= 0.6 is 0 Å². The van der Waals surface area contributed by atoms with Crippen molar-refractivity contribution in [2.75, 3.05) is 39.3 Å². The average Bonchev–Trinajstić information content (AvgIpc) is 2.83. The van der Waals surface area contributed by atoms with Gasteiger partial charge in [0.25, 0.3) is 0 Å². The van der Waals surface area contributed by atoms with Crippen molar-refractivity contribution in [2.24, 2.45) is 0 Å². The number of carbonyl (C=O) groups is 1. The van der Waals surface area contributed by atoms with E-state index in [1.807, 2.05) is 11.0 Å². The van der Waals surface area contributed by atoms with Crippen LogP contribution in [-0.2, 0) is 4.79 Å². The van der Waals surface area contributed by atoms with Crippen molar-refractivity contribution in [1.82, 2.24) is 15.1 Å². The number of nitrogens with zero attached hydrogens (tertiary/aromatic N) is 2. The second-order valence-corrected chi connectivity index (χ2v) is 4.56. The summed E-state index contributed by atoms with van der Waals surface area (Å²) >= 11 is 0. The van der Waals surface area contributed by atoms with Crippen LogP contribution in [0.5, 0.6) is 0 Å². The molecule has 0 aliphatic carbocycles. The number of piperazine rings is 1. The SMILES string of the molecule is C=CCN1CCN(C(=O)[C@H]2CCCN2)CC1. The Labute approximate surface area is 97.3 Å². The molecule has 0 radical (unpaired) electrons. The van der Waals surface area contributed by atoms with Gasteiger partial charge in [-0.05, 0) is 19.4 Å². The van der Waals surface area contributed by atoms with Gasteiger partial charge in [-0.2, -0.15) is 0 Å². The van der Waals surface area contributed by atoms with Gasteiger partial charge in [0, 0.05) is 32.7 Å². The highest BCUT2D eigenvalue weighted by Gasteiger charge is 2.28. The van der Waals surface area contributed by atoms with E-state index in [0.29, 0.717) is 5.91 Å². The lowest BCUT2D eigenvalue weighted by Gasteiger charge is -2.35. The van der Waals surface area contributed by atoms with Gasteiger partial charge in [-0.1, -0.05) is 6.08 Å². The van der Waals surface area contributed by atoms with E-state index in [1.54, 1.807) is 0 Å². The summed E-state index contributed by atoms with van der Waals surface area (Å²) in [5.41, 5.74) is 0. The molecule has 2 aliphatic rings. The maximum absolute atomic E-state index is 12.1. The first kappa shape index (κ1) is 11.6. The summed E-state index contributed by atoms with van der Waals surface area (Å²) in [4.78, 5) is 16.4. The molecule has 16 heavy (non-hydrogen) atoms. The highest BCUT2D eigenvalue weighted by molar-refractivity contribution is 5.82. The van der Waals surface area contributed by atoms with E-state index in [-0.39, 0.29) is 6.04 Å². The van der Waals surface area contributed by atoms with Gasteiger partial charge in [-0.3, -0.25) is 9.69 Å². The van der Waals surface area contributed by atoms with E-state index in [1.165, 1.54) is 0 Å². The largest absolute Gasteiger partial charge is 0.339 e. The summed E-state index contributed by atoms with van der Waals surface area (Å²) in [5.74, 6) is 0.302. The lowest BCUT2D eigenvalue weighted by atomic mass is 10.2. The van der Waals surface area contributed by atoms with Gasteiger partial charge in [-0.15, -0.1) is 6.58 Å². The van der Waals surface area contributed by atoms with Crippen LogP contribution in [0.25, 0.3) is 0 Å². The summed E-state index contributed by atoms with van der Waals surface area (Å²) in [6, 6.07) is 0.0888. The number of nitrogens with one attached hydrogen (secondary N) is 1. The minimum absolute atomic E-state index is 0.0888. The average molecular weight is 223 g/mol. The molecule has 2 fully saturated rings. The quantitative estimate of drug-likeness (QED) is 0.688. The van der Waals surface area contributed by atoms with Crippen molar-refractivity contribution in [3.63, 3.8) is 0 Å². The zero-order valence-corrected chi connectivity index (χ0v) is 9.82. The van der Waals surface area contributed by atoms with Crippen LogP contribution in [-0.4, -0.2) is 61.0 Å². The number of hydrogen-bond acceptors (Lipinski definition) is 3. The van der Waals surface area contributed by atoms with Crippen molar-refractivity contribution in [3.05, 3.63) is 12.7 Å². The highest BCUT2D eigenvalue weighted by atomic mass is 16.2. The van der Waals surface area contributed by atoms with Crippen LogP contribution in [0.4, 0.5) is 0 Å². The van der Waals surface area contributed by atoms with Crippen molar-refractivity contribution >= 4 is 5.91 Å². The van der Waals surface area contributed by atoms with E-state index < -0.39 is 0 Å². The highest BCUT2D eigenvalue weighted by Crippen LogP contribution is 2.10. The molecule has 4 nitrogen and oxygen atoms in total. The Bertz CT molecular complexity index is 253. The molecular formula is C12H21N3O. The molecule has 4 heteroatoms. The van der Waals surface area contributed by atoms with Gasteiger partial charge in [-0.25, -0.2) is 0 Å². The Balaban J connectivity index is 1.79. The summed E-state index contributed by atoms with van der Waals surface area (Å²) in [7, 11) is 0. The van der Waals surface area contributed by atoms with E-state index in [9.17, 15) is 4.79 Å². The van der Waals surface area contributed by atoms with Crippen molar-refractivity contribution in [2.45, 2.75) is 18.9 Å². The minimum Gasteiger partial charge on any atom is -0.339 e. The third kappa shape index (κ3) is 2.62. The standard InChI is InChI=1S/C12H21N3O/c1-2-6-14-7-9-15(10-8-14)12(16)11-4-3-5-13-11/h2,11,13H,1,3-10H2/t11-/m1/s1. The van der Waals surface area contributed by atoms with Gasteiger partial charge in [0.15, 0.2) is 0 Å². The van der Waals surface area contributed by atoms with Gasteiger partial charge >= 0.3 is 0 Å². The molecule has 2 saturated heterocycles. The fourth-order valence-corrected chi connectivity index (χ4v) is 2.45. The topological polar surface area (TPSA) is 35.6 Å². The van der Waals surface area contributed by atoms with Gasteiger partial charge < -0.3 is 10.2 Å². The Morgan fingerprint density at radius 2 is 2.12 bits per heavy atom. The van der Waals surface area contributed by atoms with Crippen molar-refractivity contribution < 1.29 is 4.79 Å². The fourth-order valence-electron chi connectivity index (χ4n) is 2.45. The molecule has 1 N–H and O–H groups in total. The molecule has 1 amide bonds. The molecule has 2 aliphatic heterocycles. The lowest BCUT2D eigenvalue weighted by molar-refractivity contribution is -0.134. The molecule has 0 saturated carbocycles. The molecule has 0 spiro atoms. The predicted molar refractivity (Wildman–Crippen MR) is 64.2 cm³/mol. The molecule has 0 bridgehead atoms. The second-order valence-electron chi connectivity index (χ2n) is 4.56. The summed E-state index contributed by atoms with van der Waals surface area (Å²) in [5, 5.41) is 3.27. The maximum atomic E-state index is 12.1. The Morgan fingerprint density at radius 3 is 2.69 bits per heavy atom. The number of hydrogen-bond donors (Lipinski definition) is 1. The molecule has 90 valence electrons. The van der Waals surface area contributed by atoms with Crippen molar-refractivity contribution in [3.8, 4) is 0 Å². The van der Waals surface area contributed by atoms with Gasteiger partial charge in [0.1, 0.15) is 0 Å².